The predicted octanol–water partition coefficient (Wildman–Crippen LogP) is 3.11. The second-order valence-corrected chi connectivity index (χ2v) is 6.10. The van der Waals surface area contributed by atoms with Crippen LogP contribution < -0.4 is 10.6 Å². The summed E-state index contributed by atoms with van der Waals surface area (Å²) in [5, 5.41) is 7.64. The fourth-order valence-corrected chi connectivity index (χ4v) is 2.43. The Morgan fingerprint density at radius 2 is 2.20 bits per heavy atom. The minimum atomic E-state index is -0.198. The molecule has 5 heteroatoms. The van der Waals surface area contributed by atoms with E-state index in [1.165, 1.54) is 0 Å². The molecule has 0 unspecified atom stereocenters. The first-order valence-electron chi connectivity index (χ1n) is 4.66. The molecule has 0 saturated heterocycles. The molecule has 1 heterocycles. The van der Waals surface area contributed by atoms with Crippen LogP contribution in [0.5, 0.6) is 0 Å². The average molecular weight is 291 g/mol. The molecule has 15 heavy (non-hydrogen) atoms. The van der Waals surface area contributed by atoms with E-state index in [2.05, 4.69) is 26.6 Å². The van der Waals surface area contributed by atoms with Crippen molar-refractivity contribution >= 4 is 33.3 Å². The number of carbonyl (C=O) groups excluding carboxylic acids is 1. The first-order valence-corrected chi connectivity index (χ1v) is 6.33. The van der Waals surface area contributed by atoms with Crippen LogP contribution in [-0.4, -0.2) is 11.6 Å². The van der Waals surface area contributed by atoms with Crippen LogP contribution in [0.1, 0.15) is 25.6 Å². The molecule has 1 rings (SSSR count). The largest absolute Gasteiger partial charge is 0.334 e. The molecule has 0 radical (unpaired) electrons. The van der Waals surface area contributed by atoms with Crippen LogP contribution in [0.25, 0.3) is 0 Å². The maximum atomic E-state index is 11.4. The van der Waals surface area contributed by atoms with Gasteiger partial charge in [-0.25, -0.2) is 4.79 Å². The number of hydrogen-bond donors (Lipinski definition) is 2. The highest BCUT2D eigenvalue weighted by Crippen LogP contribution is 2.22. The smallest absolute Gasteiger partial charge is 0.315 e. The van der Waals surface area contributed by atoms with Gasteiger partial charge in [-0.2, -0.15) is 0 Å². The average Bonchev–Trinajstić information content (AvgIpc) is 2.44. The number of amides is 2. The molecule has 0 aliphatic rings. The van der Waals surface area contributed by atoms with E-state index in [0.29, 0.717) is 6.54 Å². The Hall–Kier alpha value is -0.550. The highest BCUT2D eigenvalue weighted by molar-refractivity contribution is 9.10. The SMILES string of the molecule is CC(C)(C)NC(=O)NCc1sccc1Br. The predicted molar refractivity (Wildman–Crippen MR) is 67.1 cm³/mol. The fraction of sp³-hybridized carbons (Fsp3) is 0.500. The minimum Gasteiger partial charge on any atom is -0.334 e. The van der Waals surface area contributed by atoms with Crippen molar-refractivity contribution in [1.82, 2.24) is 10.6 Å². The molecule has 84 valence electrons. The van der Waals surface area contributed by atoms with E-state index in [4.69, 9.17) is 0 Å². The lowest BCUT2D eigenvalue weighted by atomic mass is 10.1. The van der Waals surface area contributed by atoms with E-state index >= 15 is 0 Å². The molecule has 0 aromatic carbocycles. The van der Waals surface area contributed by atoms with E-state index in [0.717, 1.165) is 9.35 Å². The lowest BCUT2D eigenvalue weighted by Crippen LogP contribution is -2.46. The van der Waals surface area contributed by atoms with E-state index in [1.807, 2.05) is 32.2 Å². The van der Waals surface area contributed by atoms with Gasteiger partial charge in [-0.3, -0.25) is 0 Å². The van der Waals surface area contributed by atoms with Gasteiger partial charge < -0.3 is 10.6 Å². The molecule has 0 aliphatic heterocycles. The van der Waals surface area contributed by atoms with E-state index in [-0.39, 0.29) is 11.6 Å². The molecule has 0 bridgehead atoms. The summed E-state index contributed by atoms with van der Waals surface area (Å²) < 4.78 is 1.04. The lowest BCUT2D eigenvalue weighted by Gasteiger charge is -2.20. The molecular weight excluding hydrogens is 276 g/mol. The molecule has 2 N–H and O–H groups in total. The quantitative estimate of drug-likeness (QED) is 0.863. The number of rotatable bonds is 2. The van der Waals surface area contributed by atoms with Crippen LogP contribution in [0.3, 0.4) is 0 Å². The van der Waals surface area contributed by atoms with E-state index < -0.39 is 0 Å². The van der Waals surface area contributed by atoms with Gasteiger partial charge in [-0.15, -0.1) is 11.3 Å². The highest BCUT2D eigenvalue weighted by Gasteiger charge is 2.13. The Kier molecular flexibility index (Phi) is 4.16. The highest BCUT2D eigenvalue weighted by atomic mass is 79.9. The van der Waals surface area contributed by atoms with Crippen LogP contribution in [0.2, 0.25) is 0 Å². The van der Waals surface area contributed by atoms with Gasteiger partial charge in [0.25, 0.3) is 0 Å². The molecule has 3 nitrogen and oxygen atoms in total. The summed E-state index contributed by atoms with van der Waals surface area (Å²) in [6.07, 6.45) is 0. The van der Waals surface area contributed by atoms with Gasteiger partial charge in [0.1, 0.15) is 0 Å². The maximum Gasteiger partial charge on any atom is 0.315 e. The summed E-state index contributed by atoms with van der Waals surface area (Å²) in [6.45, 7) is 6.41. The summed E-state index contributed by atoms with van der Waals surface area (Å²) in [5.74, 6) is 0. The van der Waals surface area contributed by atoms with Gasteiger partial charge in [-0.05, 0) is 48.1 Å². The zero-order chi connectivity index (χ0) is 11.5. The molecule has 0 fully saturated rings. The van der Waals surface area contributed by atoms with Gasteiger partial charge in [0.05, 0.1) is 6.54 Å². The van der Waals surface area contributed by atoms with Gasteiger partial charge in [-0.1, -0.05) is 0 Å². The Labute approximate surface area is 102 Å². The second kappa shape index (κ2) is 4.99. The first kappa shape index (κ1) is 12.5. The van der Waals surface area contributed by atoms with Crippen molar-refractivity contribution in [3.05, 3.63) is 20.8 Å². The Morgan fingerprint density at radius 3 is 2.67 bits per heavy atom. The van der Waals surface area contributed by atoms with Crippen LogP contribution in [0.15, 0.2) is 15.9 Å². The zero-order valence-corrected chi connectivity index (χ0v) is 11.5. The first-order chi connectivity index (χ1) is 6.88. The van der Waals surface area contributed by atoms with E-state index in [9.17, 15) is 4.79 Å². The summed E-state index contributed by atoms with van der Waals surface area (Å²) >= 11 is 5.04. The molecule has 0 spiro atoms. The number of halogens is 1. The summed E-state index contributed by atoms with van der Waals surface area (Å²) in [7, 11) is 0. The van der Waals surface area contributed by atoms with Crippen LogP contribution in [0, 0.1) is 0 Å². The third-order valence-electron chi connectivity index (χ3n) is 1.59. The maximum absolute atomic E-state index is 11.4. The summed E-state index contributed by atoms with van der Waals surface area (Å²) in [6, 6.07) is 1.84. The Morgan fingerprint density at radius 1 is 1.53 bits per heavy atom. The fourth-order valence-electron chi connectivity index (χ4n) is 0.997. The van der Waals surface area contributed by atoms with Gasteiger partial charge in [0.2, 0.25) is 0 Å². The molecule has 1 aromatic heterocycles. The normalized spacial score (nSPS) is 11.2. The third-order valence-corrected chi connectivity index (χ3v) is 3.52. The monoisotopic (exact) mass is 290 g/mol. The van der Waals surface area contributed by atoms with Crippen LogP contribution >= 0.6 is 27.3 Å². The number of urea groups is 1. The molecule has 0 aliphatic carbocycles. The van der Waals surface area contributed by atoms with Gasteiger partial charge in [0, 0.05) is 14.9 Å². The van der Waals surface area contributed by atoms with Crippen molar-refractivity contribution < 1.29 is 4.79 Å². The molecule has 2 amide bonds. The van der Waals surface area contributed by atoms with Crippen molar-refractivity contribution in [3.63, 3.8) is 0 Å². The van der Waals surface area contributed by atoms with Crippen molar-refractivity contribution in [2.75, 3.05) is 0 Å². The summed E-state index contributed by atoms with van der Waals surface area (Å²) in [5.41, 5.74) is -0.198. The van der Waals surface area contributed by atoms with Crippen molar-refractivity contribution in [2.45, 2.75) is 32.9 Å². The number of nitrogens with one attached hydrogen (secondary N) is 2. The van der Waals surface area contributed by atoms with Gasteiger partial charge in [0.15, 0.2) is 0 Å². The molecule has 1 aromatic rings. The minimum absolute atomic E-state index is 0.136. The zero-order valence-electron chi connectivity index (χ0n) is 9.06. The van der Waals surface area contributed by atoms with Crippen LogP contribution in [0.4, 0.5) is 4.79 Å². The van der Waals surface area contributed by atoms with Crippen molar-refractivity contribution in [2.24, 2.45) is 0 Å². The van der Waals surface area contributed by atoms with Crippen molar-refractivity contribution in [1.29, 1.82) is 0 Å². The standard InChI is InChI=1S/C10H15BrN2OS/c1-10(2,3)13-9(14)12-6-8-7(11)4-5-15-8/h4-5H,6H2,1-3H3,(H2,12,13,14). The molecular formula is C10H15BrN2OS. The number of thiophene rings is 1. The Balaban J connectivity index is 2.38. The topological polar surface area (TPSA) is 41.1 Å². The molecule has 0 saturated carbocycles. The number of hydrogen-bond acceptors (Lipinski definition) is 2. The third kappa shape index (κ3) is 4.66. The lowest BCUT2D eigenvalue weighted by molar-refractivity contribution is 0.231. The van der Waals surface area contributed by atoms with Gasteiger partial charge >= 0.3 is 6.03 Å². The Bertz CT molecular complexity index is 343. The van der Waals surface area contributed by atoms with E-state index in [1.54, 1.807) is 11.3 Å². The van der Waals surface area contributed by atoms with Crippen molar-refractivity contribution in [3.8, 4) is 0 Å². The van der Waals surface area contributed by atoms with Crippen LogP contribution in [-0.2, 0) is 6.54 Å². The number of carbonyl (C=O) groups is 1. The second-order valence-electron chi connectivity index (χ2n) is 4.25. The molecule has 0 atom stereocenters. The summed E-state index contributed by atoms with van der Waals surface area (Å²) in [4.78, 5) is 12.6.